The number of hydrogen-bond acceptors (Lipinski definition) is 3. The van der Waals surface area contributed by atoms with E-state index in [0.717, 1.165) is 32.2 Å². The number of aliphatic hydroxyl groups excluding tert-OH is 1. The molecule has 0 unspecified atom stereocenters. The molecule has 0 aromatic carbocycles. The number of hydrogen-bond donors (Lipinski definition) is 1. The smallest absolute Gasteiger partial charge is 0.0594 e. The molecule has 2 aliphatic rings. The minimum absolute atomic E-state index is 0.384. The standard InChI is InChI=1S/C9H17NO2/c11-7-9-5-8(9)6-10-1-3-12-4-2-10/h8-9,11H,1-7H2/t8-,9-/m1/s1. The zero-order chi connectivity index (χ0) is 8.39. The summed E-state index contributed by atoms with van der Waals surface area (Å²) in [4.78, 5) is 2.45. The summed E-state index contributed by atoms with van der Waals surface area (Å²) in [5.41, 5.74) is 0. The molecule has 12 heavy (non-hydrogen) atoms. The molecule has 1 saturated heterocycles. The van der Waals surface area contributed by atoms with E-state index >= 15 is 0 Å². The second-order valence-electron chi connectivity index (χ2n) is 3.85. The van der Waals surface area contributed by atoms with Crippen LogP contribution in [0.5, 0.6) is 0 Å². The van der Waals surface area contributed by atoms with E-state index in [0.29, 0.717) is 12.5 Å². The lowest BCUT2D eigenvalue weighted by molar-refractivity contribution is 0.0347. The highest BCUT2D eigenvalue weighted by atomic mass is 16.5. The summed E-state index contributed by atoms with van der Waals surface area (Å²) in [6.45, 7) is 5.49. The van der Waals surface area contributed by atoms with E-state index in [4.69, 9.17) is 9.84 Å². The van der Waals surface area contributed by atoms with E-state index in [1.54, 1.807) is 0 Å². The molecular weight excluding hydrogens is 154 g/mol. The Morgan fingerprint density at radius 2 is 2.00 bits per heavy atom. The Morgan fingerprint density at radius 1 is 1.25 bits per heavy atom. The number of nitrogens with zero attached hydrogens (tertiary/aromatic N) is 1. The van der Waals surface area contributed by atoms with Gasteiger partial charge in [-0.2, -0.15) is 0 Å². The molecule has 1 N–H and O–H groups in total. The molecule has 1 aliphatic carbocycles. The number of ether oxygens (including phenoxy) is 1. The molecular formula is C9H17NO2. The summed E-state index contributed by atoms with van der Waals surface area (Å²) >= 11 is 0. The molecule has 1 heterocycles. The molecule has 0 aromatic heterocycles. The van der Waals surface area contributed by atoms with Crippen molar-refractivity contribution >= 4 is 0 Å². The van der Waals surface area contributed by atoms with Gasteiger partial charge >= 0.3 is 0 Å². The van der Waals surface area contributed by atoms with Crippen molar-refractivity contribution in [1.29, 1.82) is 0 Å². The van der Waals surface area contributed by atoms with E-state index in [-0.39, 0.29) is 0 Å². The Hall–Kier alpha value is -0.120. The van der Waals surface area contributed by atoms with Gasteiger partial charge in [-0.25, -0.2) is 0 Å². The number of aliphatic hydroxyl groups is 1. The highest BCUT2D eigenvalue weighted by molar-refractivity contribution is 4.88. The van der Waals surface area contributed by atoms with Crippen molar-refractivity contribution in [3.05, 3.63) is 0 Å². The molecule has 0 amide bonds. The third-order valence-corrected chi connectivity index (χ3v) is 2.90. The van der Waals surface area contributed by atoms with Crippen LogP contribution in [0.25, 0.3) is 0 Å². The molecule has 3 heteroatoms. The first kappa shape index (κ1) is 8.48. The molecule has 2 atom stereocenters. The molecule has 70 valence electrons. The third kappa shape index (κ3) is 1.97. The monoisotopic (exact) mass is 171 g/mol. The van der Waals surface area contributed by atoms with Crippen LogP contribution in [-0.2, 0) is 4.74 Å². The highest BCUT2D eigenvalue weighted by Crippen LogP contribution is 2.38. The van der Waals surface area contributed by atoms with Crippen LogP contribution in [0.4, 0.5) is 0 Å². The number of morpholine rings is 1. The van der Waals surface area contributed by atoms with Gasteiger partial charge in [0.1, 0.15) is 0 Å². The summed E-state index contributed by atoms with van der Waals surface area (Å²) in [6.07, 6.45) is 1.23. The topological polar surface area (TPSA) is 32.7 Å². The largest absolute Gasteiger partial charge is 0.396 e. The van der Waals surface area contributed by atoms with Gasteiger partial charge in [0.2, 0.25) is 0 Å². The lowest BCUT2D eigenvalue weighted by Gasteiger charge is -2.26. The summed E-state index contributed by atoms with van der Waals surface area (Å²) in [5, 5.41) is 8.86. The van der Waals surface area contributed by atoms with Gasteiger partial charge < -0.3 is 9.84 Å². The molecule has 0 bridgehead atoms. The van der Waals surface area contributed by atoms with Gasteiger partial charge in [-0.15, -0.1) is 0 Å². The van der Waals surface area contributed by atoms with E-state index in [1.807, 2.05) is 0 Å². The third-order valence-electron chi connectivity index (χ3n) is 2.90. The van der Waals surface area contributed by atoms with Crippen molar-refractivity contribution < 1.29 is 9.84 Å². The first-order valence-electron chi connectivity index (χ1n) is 4.81. The minimum Gasteiger partial charge on any atom is -0.396 e. The van der Waals surface area contributed by atoms with Crippen LogP contribution in [0.2, 0.25) is 0 Å². The predicted molar refractivity (Wildman–Crippen MR) is 45.9 cm³/mol. The Morgan fingerprint density at radius 3 is 2.58 bits per heavy atom. The van der Waals surface area contributed by atoms with Gasteiger partial charge in [-0.05, 0) is 18.3 Å². The van der Waals surface area contributed by atoms with Crippen molar-refractivity contribution in [3.8, 4) is 0 Å². The van der Waals surface area contributed by atoms with E-state index in [2.05, 4.69) is 4.90 Å². The minimum atomic E-state index is 0.384. The van der Waals surface area contributed by atoms with Crippen LogP contribution < -0.4 is 0 Å². The number of rotatable bonds is 3. The van der Waals surface area contributed by atoms with Crippen LogP contribution in [-0.4, -0.2) is 49.5 Å². The van der Waals surface area contributed by atoms with Crippen molar-refractivity contribution in [2.75, 3.05) is 39.5 Å². The molecule has 1 aliphatic heterocycles. The fourth-order valence-corrected chi connectivity index (χ4v) is 1.87. The fourth-order valence-electron chi connectivity index (χ4n) is 1.87. The summed E-state index contributed by atoms with van der Waals surface area (Å²) < 4.78 is 5.26. The van der Waals surface area contributed by atoms with Crippen molar-refractivity contribution in [2.45, 2.75) is 6.42 Å². The zero-order valence-electron chi connectivity index (χ0n) is 7.41. The average molecular weight is 171 g/mol. The van der Waals surface area contributed by atoms with Gasteiger partial charge in [0.25, 0.3) is 0 Å². The molecule has 0 aromatic rings. The van der Waals surface area contributed by atoms with Gasteiger partial charge in [0.05, 0.1) is 13.2 Å². The first-order chi connectivity index (χ1) is 5.90. The maximum absolute atomic E-state index is 8.86. The Balaban J connectivity index is 1.66. The fraction of sp³-hybridized carbons (Fsp3) is 1.00. The van der Waals surface area contributed by atoms with Crippen LogP contribution in [0.1, 0.15) is 6.42 Å². The molecule has 0 radical (unpaired) electrons. The van der Waals surface area contributed by atoms with Crippen molar-refractivity contribution in [1.82, 2.24) is 4.90 Å². The van der Waals surface area contributed by atoms with E-state index < -0.39 is 0 Å². The second kappa shape index (κ2) is 3.73. The Labute approximate surface area is 73.3 Å². The summed E-state index contributed by atoms with van der Waals surface area (Å²) in [7, 11) is 0. The van der Waals surface area contributed by atoms with Crippen molar-refractivity contribution in [2.24, 2.45) is 11.8 Å². The van der Waals surface area contributed by atoms with Gasteiger partial charge in [-0.3, -0.25) is 4.90 Å². The van der Waals surface area contributed by atoms with Crippen LogP contribution in [0, 0.1) is 11.8 Å². The molecule has 1 saturated carbocycles. The lowest BCUT2D eigenvalue weighted by Crippen LogP contribution is -2.37. The highest BCUT2D eigenvalue weighted by Gasteiger charge is 2.37. The normalized spacial score (nSPS) is 36.8. The van der Waals surface area contributed by atoms with E-state index in [9.17, 15) is 0 Å². The summed E-state index contributed by atoms with van der Waals surface area (Å²) in [6, 6.07) is 0. The molecule has 0 spiro atoms. The SMILES string of the molecule is OC[C@H]1C[C@@H]1CN1CCOCC1. The first-order valence-corrected chi connectivity index (χ1v) is 4.81. The maximum atomic E-state index is 8.86. The van der Waals surface area contributed by atoms with E-state index in [1.165, 1.54) is 13.0 Å². The van der Waals surface area contributed by atoms with Crippen LogP contribution in [0.15, 0.2) is 0 Å². The Kier molecular flexibility index (Phi) is 2.63. The maximum Gasteiger partial charge on any atom is 0.0594 e. The lowest BCUT2D eigenvalue weighted by atomic mass is 10.3. The molecule has 3 nitrogen and oxygen atoms in total. The quantitative estimate of drug-likeness (QED) is 0.646. The zero-order valence-corrected chi connectivity index (χ0v) is 7.41. The van der Waals surface area contributed by atoms with Crippen LogP contribution >= 0.6 is 0 Å². The molecule has 2 rings (SSSR count). The average Bonchev–Trinajstić information content (AvgIpc) is 2.85. The second-order valence-corrected chi connectivity index (χ2v) is 3.85. The van der Waals surface area contributed by atoms with Crippen LogP contribution in [0.3, 0.4) is 0 Å². The van der Waals surface area contributed by atoms with Gasteiger partial charge in [0, 0.05) is 26.2 Å². The van der Waals surface area contributed by atoms with Gasteiger partial charge in [-0.1, -0.05) is 0 Å². The Bertz CT molecular complexity index is 145. The predicted octanol–water partition coefficient (Wildman–Crippen LogP) is -0.0530. The van der Waals surface area contributed by atoms with Gasteiger partial charge in [0.15, 0.2) is 0 Å². The summed E-state index contributed by atoms with van der Waals surface area (Å²) in [5.74, 6) is 1.38. The van der Waals surface area contributed by atoms with Crippen molar-refractivity contribution in [3.63, 3.8) is 0 Å². The molecule has 2 fully saturated rings.